The van der Waals surface area contributed by atoms with Crippen molar-refractivity contribution in [3.05, 3.63) is 102 Å². The molecular weight excluding hydrogens is 550 g/mol. The number of ether oxygens (including phenoxy) is 3. The first-order valence-corrected chi connectivity index (χ1v) is 14.3. The zero-order chi connectivity index (χ0) is 30.4. The number of aryl methyl sites for hydroxylation is 1. The molecule has 1 saturated heterocycles. The zero-order valence-electron chi connectivity index (χ0n) is 24.2. The van der Waals surface area contributed by atoms with Gasteiger partial charge in [-0.2, -0.15) is 0 Å². The topological polar surface area (TPSA) is 123 Å². The predicted molar refractivity (Wildman–Crippen MR) is 160 cm³/mol. The third-order valence-electron chi connectivity index (χ3n) is 7.13. The number of amides is 3. The molecule has 1 heterocycles. The molecule has 3 aromatic carbocycles. The average Bonchev–Trinajstić information content (AvgIpc) is 3.06. The number of esters is 1. The molecule has 0 aliphatic carbocycles. The van der Waals surface area contributed by atoms with Gasteiger partial charge in [-0.3, -0.25) is 9.59 Å². The van der Waals surface area contributed by atoms with Crippen LogP contribution in [0.25, 0.3) is 0 Å². The van der Waals surface area contributed by atoms with E-state index in [2.05, 4.69) is 10.6 Å². The third kappa shape index (κ3) is 9.40. The average molecular weight is 588 g/mol. The molecule has 0 saturated carbocycles. The molecule has 0 bridgehead atoms. The van der Waals surface area contributed by atoms with E-state index in [9.17, 15) is 19.2 Å². The van der Waals surface area contributed by atoms with E-state index >= 15 is 0 Å². The van der Waals surface area contributed by atoms with Crippen LogP contribution in [0, 0.1) is 0 Å². The highest BCUT2D eigenvalue weighted by Crippen LogP contribution is 2.19. The molecular formula is C33H37N3O7. The molecule has 4 rings (SSSR count). The van der Waals surface area contributed by atoms with Gasteiger partial charge in [0.2, 0.25) is 5.91 Å². The second-order valence-corrected chi connectivity index (χ2v) is 10.1. The number of urea groups is 1. The van der Waals surface area contributed by atoms with Crippen LogP contribution in [0.3, 0.4) is 0 Å². The number of methoxy groups -OCH3 is 1. The Balaban J connectivity index is 1.50. The summed E-state index contributed by atoms with van der Waals surface area (Å²) in [4.78, 5) is 54.1. The third-order valence-corrected chi connectivity index (χ3v) is 7.13. The molecule has 1 aliphatic rings. The van der Waals surface area contributed by atoms with Crippen molar-refractivity contribution in [2.24, 2.45) is 0 Å². The minimum Gasteiger partial charge on any atom is -0.485 e. The summed E-state index contributed by atoms with van der Waals surface area (Å²) in [5.41, 5.74) is 2.06. The molecule has 10 nitrogen and oxygen atoms in total. The van der Waals surface area contributed by atoms with Gasteiger partial charge in [-0.05, 0) is 36.1 Å². The van der Waals surface area contributed by atoms with Crippen LogP contribution in [0.2, 0.25) is 0 Å². The Morgan fingerprint density at radius 2 is 1.44 bits per heavy atom. The van der Waals surface area contributed by atoms with Gasteiger partial charge in [-0.15, -0.1) is 0 Å². The molecule has 3 amide bonds. The Morgan fingerprint density at radius 1 is 0.814 bits per heavy atom. The summed E-state index contributed by atoms with van der Waals surface area (Å²) in [5, 5.41) is 5.75. The normalized spacial score (nSPS) is 14.2. The number of morpholine rings is 1. The Hall–Kier alpha value is -4.70. The minimum atomic E-state index is -0.925. The molecule has 1 fully saturated rings. The maximum absolute atomic E-state index is 13.7. The molecule has 43 heavy (non-hydrogen) atoms. The van der Waals surface area contributed by atoms with Crippen molar-refractivity contribution < 1.29 is 33.4 Å². The minimum absolute atomic E-state index is 0.191. The van der Waals surface area contributed by atoms with Crippen molar-refractivity contribution >= 4 is 23.7 Å². The van der Waals surface area contributed by atoms with Crippen molar-refractivity contribution in [3.8, 4) is 5.75 Å². The zero-order valence-corrected chi connectivity index (χ0v) is 24.2. The summed E-state index contributed by atoms with van der Waals surface area (Å²) in [6.07, 6.45) is 1.08. The van der Waals surface area contributed by atoms with Crippen LogP contribution in [0.4, 0.5) is 4.79 Å². The lowest BCUT2D eigenvalue weighted by Crippen LogP contribution is -2.56. The van der Waals surface area contributed by atoms with Gasteiger partial charge < -0.3 is 29.7 Å². The van der Waals surface area contributed by atoms with E-state index in [0.29, 0.717) is 39.1 Å². The van der Waals surface area contributed by atoms with E-state index in [4.69, 9.17) is 14.2 Å². The van der Waals surface area contributed by atoms with Crippen molar-refractivity contribution in [2.75, 3.05) is 40.0 Å². The summed E-state index contributed by atoms with van der Waals surface area (Å²) in [6, 6.07) is 23.3. The standard InChI is InChI=1S/C33H37N3O7/c1-41-32(39)26-14-8-9-15-30(26)43-23-29(37)27(17-16-24-10-4-2-5-11-24)34-31(38)28(22-25-12-6-3-7-13-25)35-33(40)36-18-20-42-21-19-36/h2-15,27-28H,16-23H2,1H3,(H,34,38)(H,35,40)/t27-,28-/m0/s1. The highest BCUT2D eigenvalue weighted by Gasteiger charge is 2.29. The SMILES string of the molecule is COC(=O)c1ccccc1OCC(=O)[C@H](CCc1ccccc1)NC(=O)[C@H](Cc1ccccc1)NC(=O)N1CCOCC1. The number of Topliss-reactive ketones (excluding diaryl/α,β-unsaturated/α-hetero) is 1. The fraction of sp³-hybridized carbons (Fsp3) is 0.333. The Kier molecular flexibility index (Phi) is 11.7. The molecule has 1 aliphatic heterocycles. The highest BCUT2D eigenvalue weighted by atomic mass is 16.5. The van der Waals surface area contributed by atoms with Gasteiger partial charge in [0.15, 0.2) is 5.78 Å². The van der Waals surface area contributed by atoms with E-state index in [-0.39, 0.29) is 36.2 Å². The quantitative estimate of drug-likeness (QED) is 0.295. The second kappa shape index (κ2) is 16.1. The largest absolute Gasteiger partial charge is 0.485 e. The number of nitrogens with one attached hydrogen (secondary N) is 2. The number of carbonyl (C=O) groups excluding carboxylic acids is 4. The number of nitrogens with zero attached hydrogens (tertiary/aromatic N) is 1. The number of rotatable bonds is 13. The predicted octanol–water partition coefficient (Wildman–Crippen LogP) is 3.19. The van der Waals surface area contributed by atoms with Gasteiger partial charge in [-0.1, -0.05) is 72.8 Å². The lowest BCUT2D eigenvalue weighted by molar-refractivity contribution is -0.130. The van der Waals surface area contributed by atoms with Crippen molar-refractivity contribution in [3.63, 3.8) is 0 Å². The molecule has 0 radical (unpaired) electrons. The summed E-state index contributed by atoms with van der Waals surface area (Å²) in [6.45, 7) is 1.33. The van der Waals surface area contributed by atoms with Gasteiger partial charge in [0, 0.05) is 19.5 Å². The number of benzene rings is 3. The molecule has 3 aromatic rings. The number of hydrogen-bond acceptors (Lipinski definition) is 7. The van der Waals surface area contributed by atoms with E-state index in [0.717, 1.165) is 11.1 Å². The molecule has 0 spiro atoms. The summed E-state index contributed by atoms with van der Waals surface area (Å²) in [7, 11) is 1.27. The molecule has 0 aromatic heterocycles. The number of para-hydroxylation sites is 1. The number of ketones is 1. The first-order chi connectivity index (χ1) is 20.9. The van der Waals surface area contributed by atoms with Crippen LogP contribution in [-0.4, -0.2) is 80.7 Å². The molecule has 0 unspecified atom stereocenters. The molecule has 10 heteroatoms. The van der Waals surface area contributed by atoms with Crippen LogP contribution < -0.4 is 15.4 Å². The molecule has 2 atom stereocenters. The van der Waals surface area contributed by atoms with Crippen LogP contribution in [0.1, 0.15) is 27.9 Å². The van der Waals surface area contributed by atoms with E-state index in [1.807, 2.05) is 60.7 Å². The van der Waals surface area contributed by atoms with Crippen molar-refractivity contribution in [1.82, 2.24) is 15.5 Å². The first-order valence-electron chi connectivity index (χ1n) is 14.3. The van der Waals surface area contributed by atoms with E-state index in [1.165, 1.54) is 7.11 Å². The van der Waals surface area contributed by atoms with Crippen LogP contribution >= 0.6 is 0 Å². The second-order valence-electron chi connectivity index (χ2n) is 10.1. The number of hydrogen-bond donors (Lipinski definition) is 2. The Morgan fingerprint density at radius 3 is 2.12 bits per heavy atom. The number of carbonyl (C=O) groups is 4. The van der Waals surface area contributed by atoms with Crippen molar-refractivity contribution in [2.45, 2.75) is 31.3 Å². The van der Waals surface area contributed by atoms with Crippen LogP contribution in [0.15, 0.2) is 84.9 Å². The van der Waals surface area contributed by atoms with Gasteiger partial charge >= 0.3 is 12.0 Å². The molecule has 226 valence electrons. The summed E-state index contributed by atoms with van der Waals surface area (Å²) < 4.78 is 15.9. The van der Waals surface area contributed by atoms with E-state index in [1.54, 1.807) is 29.2 Å². The Bertz CT molecular complexity index is 1360. The fourth-order valence-corrected chi connectivity index (χ4v) is 4.73. The Labute approximate surface area is 251 Å². The lowest BCUT2D eigenvalue weighted by Gasteiger charge is -2.29. The van der Waals surface area contributed by atoms with Gasteiger partial charge in [-0.25, -0.2) is 9.59 Å². The smallest absolute Gasteiger partial charge is 0.341 e. The van der Waals surface area contributed by atoms with Crippen LogP contribution in [-0.2, 0) is 31.9 Å². The van der Waals surface area contributed by atoms with E-state index < -0.39 is 24.0 Å². The lowest BCUT2D eigenvalue weighted by atomic mass is 10.0. The van der Waals surface area contributed by atoms with Gasteiger partial charge in [0.05, 0.1) is 26.4 Å². The van der Waals surface area contributed by atoms with Gasteiger partial charge in [0.25, 0.3) is 0 Å². The maximum atomic E-state index is 13.7. The fourth-order valence-electron chi connectivity index (χ4n) is 4.73. The highest BCUT2D eigenvalue weighted by molar-refractivity contribution is 5.94. The monoisotopic (exact) mass is 587 g/mol. The first kappa shape index (κ1) is 31.2. The summed E-state index contributed by atoms with van der Waals surface area (Å²) in [5.74, 6) is -1.24. The summed E-state index contributed by atoms with van der Waals surface area (Å²) >= 11 is 0. The van der Waals surface area contributed by atoms with Gasteiger partial charge in [0.1, 0.15) is 24.0 Å². The molecule has 2 N–H and O–H groups in total. The van der Waals surface area contributed by atoms with Crippen molar-refractivity contribution in [1.29, 1.82) is 0 Å². The van der Waals surface area contributed by atoms with Crippen LogP contribution in [0.5, 0.6) is 5.75 Å². The maximum Gasteiger partial charge on any atom is 0.341 e.